The van der Waals surface area contributed by atoms with Gasteiger partial charge in [-0.15, -0.1) is 0 Å². The van der Waals surface area contributed by atoms with Crippen LogP contribution in [-0.4, -0.2) is 61.1 Å². The molecule has 0 radical (unpaired) electrons. The first-order chi connectivity index (χ1) is 15.4. The first-order valence-corrected chi connectivity index (χ1v) is 10.7. The molecule has 2 unspecified atom stereocenters. The lowest BCUT2D eigenvalue weighted by Gasteiger charge is -2.37. The third kappa shape index (κ3) is 4.08. The number of carbonyl (C=O) groups is 2. The average Bonchev–Trinajstić information content (AvgIpc) is 3.03. The first-order valence-electron chi connectivity index (χ1n) is 10.7. The first kappa shape index (κ1) is 21.9. The predicted molar refractivity (Wildman–Crippen MR) is 120 cm³/mol. The molecule has 2 aromatic carbocycles. The van der Waals surface area contributed by atoms with Crippen LogP contribution in [-0.2, 0) is 20.9 Å². The van der Waals surface area contributed by atoms with E-state index >= 15 is 0 Å². The number of carbonyl (C=O) groups excluding carboxylic acids is 2. The van der Waals surface area contributed by atoms with E-state index < -0.39 is 0 Å². The van der Waals surface area contributed by atoms with Gasteiger partial charge in [-0.25, -0.2) is 0 Å². The summed E-state index contributed by atoms with van der Waals surface area (Å²) in [4.78, 5) is 30.5. The molecule has 168 valence electrons. The topological polar surface area (TPSA) is 68.3 Å². The highest BCUT2D eigenvalue weighted by Crippen LogP contribution is 2.35. The van der Waals surface area contributed by atoms with Gasteiger partial charge in [0.25, 0.3) is 11.8 Å². The summed E-state index contributed by atoms with van der Waals surface area (Å²) in [5, 5.41) is 0. The van der Waals surface area contributed by atoms with E-state index in [1.807, 2.05) is 55.1 Å². The maximum absolute atomic E-state index is 13.6. The van der Waals surface area contributed by atoms with Gasteiger partial charge in [0.1, 0.15) is 17.2 Å². The van der Waals surface area contributed by atoms with Crippen LogP contribution in [0.15, 0.2) is 54.2 Å². The van der Waals surface area contributed by atoms with Gasteiger partial charge in [-0.1, -0.05) is 30.3 Å². The number of ether oxygens (including phenoxy) is 3. The van der Waals surface area contributed by atoms with Crippen molar-refractivity contribution >= 4 is 17.4 Å². The van der Waals surface area contributed by atoms with Gasteiger partial charge in [0.2, 0.25) is 0 Å². The van der Waals surface area contributed by atoms with E-state index in [0.29, 0.717) is 41.4 Å². The summed E-state index contributed by atoms with van der Waals surface area (Å²) in [7, 11) is 3.17. The number of rotatable bonds is 6. The van der Waals surface area contributed by atoms with Gasteiger partial charge in [-0.05, 0) is 37.6 Å². The van der Waals surface area contributed by atoms with Crippen molar-refractivity contribution in [3.05, 3.63) is 65.4 Å². The maximum Gasteiger partial charge on any atom is 0.278 e. The lowest BCUT2D eigenvalue weighted by atomic mass is 10.0. The summed E-state index contributed by atoms with van der Waals surface area (Å²) in [5.41, 5.74) is 2.30. The van der Waals surface area contributed by atoms with Crippen LogP contribution in [0.3, 0.4) is 0 Å². The van der Waals surface area contributed by atoms with Crippen molar-refractivity contribution in [2.24, 2.45) is 0 Å². The molecule has 2 amide bonds. The Balaban J connectivity index is 1.75. The number of amides is 2. The van der Waals surface area contributed by atoms with E-state index in [-0.39, 0.29) is 30.6 Å². The molecule has 2 heterocycles. The lowest BCUT2D eigenvalue weighted by Crippen LogP contribution is -2.46. The van der Waals surface area contributed by atoms with E-state index in [1.54, 1.807) is 26.4 Å². The Morgan fingerprint density at radius 1 is 0.906 bits per heavy atom. The van der Waals surface area contributed by atoms with Gasteiger partial charge in [0, 0.05) is 18.7 Å². The highest BCUT2D eigenvalue weighted by atomic mass is 16.5. The van der Waals surface area contributed by atoms with Crippen LogP contribution in [0.5, 0.6) is 11.5 Å². The zero-order valence-corrected chi connectivity index (χ0v) is 18.8. The summed E-state index contributed by atoms with van der Waals surface area (Å²) >= 11 is 0. The van der Waals surface area contributed by atoms with Crippen LogP contribution >= 0.6 is 0 Å². The molecular formula is C25H28N2O5. The predicted octanol–water partition coefficient (Wildman–Crippen LogP) is 3.09. The van der Waals surface area contributed by atoms with E-state index in [9.17, 15) is 9.59 Å². The van der Waals surface area contributed by atoms with E-state index in [1.165, 1.54) is 4.90 Å². The molecule has 0 bridgehead atoms. The summed E-state index contributed by atoms with van der Waals surface area (Å²) < 4.78 is 16.5. The third-order valence-corrected chi connectivity index (χ3v) is 5.78. The van der Waals surface area contributed by atoms with Gasteiger partial charge in [0.15, 0.2) is 0 Å². The molecule has 0 aliphatic carbocycles. The van der Waals surface area contributed by atoms with Gasteiger partial charge < -0.3 is 19.1 Å². The fraction of sp³-hybridized carbons (Fsp3) is 0.360. The second kappa shape index (κ2) is 9.04. The minimum Gasteiger partial charge on any atom is -0.497 e. The standard InChI is InChI=1S/C25H28N2O5/c1-16-13-26(14-17(2)32-16)23-22(18-9-11-20(30-3)12-10-18)24(28)27(25(23)29)15-19-7-5-6-8-21(19)31-4/h5-12,16-17H,13-15H2,1-4H3. The SMILES string of the molecule is COc1ccc(C2=C(N3CC(C)OC(C)C3)C(=O)N(Cc3ccccc3OC)C2=O)cc1. The highest BCUT2D eigenvalue weighted by molar-refractivity contribution is 6.35. The Morgan fingerprint density at radius 2 is 1.56 bits per heavy atom. The average molecular weight is 437 g/mol. The molecular weight excluding hydrogens is 408 g/mol. The lowest BCUT2D eigenvalue weighted by molar-refractivity contribution is -0.139. The number of hydrogen-bond acceptors (Lipinski definition) is 6. The van der Waals surface area contributed by atoms with Crippen molar-refractivity contribution < 1.29 is 23.8 Å². The van der Waals surface area contributed by atoms with Gasteiger partial charge in [0.05, 0.1) is 38.5 Å². The Morgan fingerprint density at radius 3 is 2.19 bits per heavy atom. The summed E-state index contributed by atoms with van der Waals surface area (Å²) in [5.74, 6) is 0.717. The number of hydrogen-bond donors (Lipinski definition) is 0. The smallest absolute Gasteiger partial charge is 0.278 e. The highest BCUT2D eigenvalue weighted by Gasteiger charge is 2.43. The van der Waals surface area contributed by atoms with Gasteiger partial charge >= 0.3 is 0 Å². The Kier molecular flexibility index (Phi) is 6.19. The molecule has 0 spiro atoms. The zero-order valence-electron chi connectivity index (χ0n) is 18.8. The second-order valence-electron chi connectivity index (χ2n) is 8.12. The molecule has 7 heteroatoms. The number of nitrogens with zero attached hydrogens (tertiary/aromatic N) is 2. The van der Waals surface area contributed by atoms with Crippen LogP contribution < -0.4 is 9.47 Å². The normalized spacial score (nSPS) is 21.4. The quantitative estimate of drug-likeness (QED) is 0.649. The van der Waals surface area contributed by atoms with Crippen molar-refractivity contribution in [1.82, 2.24) is 9.80 Å². The van der Waals surface area contributed by atoms with E-state index in [4.69, 9.17) is 14.2 Å². The minimum atomic E-state index is -0.312. The minimum absolute atomic E-state index is 0.0467. The van der Waals surface area contributed by atoms with Crippen molar-refractivity contribution in [2.75, 3.05) is 27.3 Å². The van der Waals surface area contributed by atoms with Gasteiger partial charge in [-0.2, -0.15) is 0 Å². The van der Waals surface area contributed by atoms with Gasteiger partial charge in [-0.3, -0.25) is 14.5 Å². The molecule has 2 aliphatic rings. The Bertz CT molecular complexity index is 1040. The van der Waals surface area contributed by atoms with Crippen LogP contribution in [0.2, 0.25) is 0 Å². The summed E-state index contributed by atoms with van der Waals surface area (Å²) in [6.45, 7) is 5.18. The van der Waals surface area contributed by atoms with Crippen molar-refractivity contribution in [3.63, 3.8) is 0 Å². The molecule has 0 N–H and O–H groups in total. The van der Waals surface area contributed by atoms with Crippen molar-refractivity contribution in [2.45, 2.75) is 32.6 Å². The fourth-order valence-corrected chi connectivity index (χ4v) is 4.38. The summed E-state index contributed by atoms with van der Waals surface area (Å²) in [6.07, 6.45) is -0.0935. The van der Waals surface area contributed by atoms with Crippen molar-refractivity contribution in [3.8, 4) is 11.5 Å². The molecule has 1 fully saturated rings. The third-order valence-electron chi connectivity index (χ3n) is 5.78. The molecule has 4 rings (SSSR count). The number of para-hydroxylation sites is 1. The fourth-order valence-electron chi connectivity index (χ4n) is 4.38. The Labute approximate surface area is 188 Å². The molecule has 2 aromatic rings. The van der Waals surface area contributed by atoms with E-state index in [0.717, 1.165) is 5.56 Å². The van der Waals surface area contributed by atoms with Crippen LogP contribution in [0.1, 0.15) is 25.0 Å². The van der Waals surface area contributed by atoms with Crippen molar-refractivity contribution in [1.29, 1.82) is 0 Å². The second-order valence-corrected chi connectivity index (χ2v) is 8.12. The van der Waals surface area contributed by atoms with Crippen LogP contribution in [0.4, 0.5) is 0 Å². The molecule has 0 saturated carbocycles. The number of imide groups is 1. The number of methoxy groups -OCH3 is 2. The maximum atomic E-state index is 13.6. The summed E-state index contributed by atoms with van der Waals surface area (Å²) in [6, 6.07) is 14.6. The molecule has 2 aliphatic heterocycles. The zero-order chi connectivity index (χ0) is 22.8. The number of benzene rings is 2. The number of morpholine rings is 1. The van der Waals surface area contributed by atoms with Crippen LogP contribution in [0, 0.1) is 0 Å². The molecule has 7 nitrogen and oxygen atoms in total. The largest absolute Gasteiger partial charge is 0.497 e. The molecule has 32 heavy (non-hydrogen) atoms. The van der Waals surface area contributed by atoms with E-state index in [2.05, 4.69) is 0 Å². The molecule has 0 aromatic heterocycles. The molecule has 1 saturated heterocycles. The Hall–Kier alpha value is -3.32. The van der Waals surface area contributed by atoms with Crippen LogP contribution in [0.25, 0.3) is 5.57 Å². The molecule has 2 atom stereocenters. The monoisotopic (exact) mass is 436 g/mol.